The Bertz CT molecular complexity index is 399. The average Bonchev–Trinajstić information content (AvgIpc) is 2.13. The topological polar surface area (TPSA) is 55.2 Å². The summed E-state index contributed by atoms with van der Waals surface area (Å²) >= 11 is 0. The van der Waals surface area contributed by atoms with Gasteiger partial charge in [-0.05, 0) is 11.5 Å². The van der Waals surface area contributed by atoms with Crippen molar-refractivity contribution in [2.24, 2.45) is 5.41 Å². The number of nitro benzene ring substituents is 1. The molecule has 1 aromatic rings. The zero-order chi connectivity index (χ0) is 12.3. The molecule has 0 amide bonds. The van der Waals surface area contributed by atoms with Crippen LogP contribution in [-0.4, -0.2) is 11.5 Å². The van der Waals surface area contributed by atoms with Crippen LogP contribution in [0.5, 0.6) is 0 Å². The average molecular weight is 226 g/mol. The van der Waals surface area contributed by atoms with Gasteiger partial charge in [0.25, 0.3) is 5.69 Å². The second-order valence-corrected chi connectivity index (χ2v) is 4.87. The molecule has 88 valence electrons. The fourth-order valence-corrected chi connectivity index (χ4v) is 1.15. The summed E-state index contributed by atoms with van der Waals surface area (Å²) in [6.07, 6.45) is 0. The summed E-state index contributed by atoms with van der Waals surface area (Å²) in [6, 6.07) is 3.48. The van der Waals surface area contributed by atoms with Gasteiger partial charge in [0.15, 0.2) is 0 Å². The molecule has 0 spiro atoms. The van der Waals surface area contributed by atoms with Crippen molar-refractivity contribution in [2.45, 2.75) is 20.8 Å². The van der Waals surface area contributed by atoms with Gasteiger partial charge in [-0.1, -0.05) is 20.8 Å². The predicted molar refractivity (Wildman–Crippen MR) is 61.0 cm³/mol. The molecule has 1 N–H and O–H groups in total. The monoisotopic (exact) mass is 226 g/mol. The first-order valence-electron chi connectivity index (χ1n) is 4.97. The molecule has 0 saturated carbocycles. The van der Waals surface area contributed by atoms with Crippen LogP contribution in [0.25, 0.3) is 0 Å². The van der Waals surface area contributed by atoms with Crippen LogP contribution in [0.3, 0.4) is 0 Å². The highest BCUT2D eigenvalue weighted by Gasteiger charge is 2.13. The Labute approximate surface area is 93.6 Å². The highest BCUT2D eigenvalue weighted by molar-refractivity contribution is 5.51. The van der Waals surface area contributed by atoms with Crippen molar-refractivity contribution < 1.29 is 9.31 Å². The third-order valence-corrected chi connectivity index (χ3v) is 1.92. The number of rotatable bonds is 3. The Morgan fingerprint density at radius 3 is 2.50 bits per heavy atom. The highest BCUT2D eigenvalue weighted by Crippen LogP contribution is 2.21. The molecular weight excluding hydrogens is 211 g/mol. The molecule has 0 aliphatic rings. The molecule has 0 fully saturated rings. The van der Waals surface area contributed by atoms with Crippen LogP contribution in [0, 0.1) is 21.3 Å². The Kier molecular flexibility index (Phi) is 3.47. The molecule has 1 aromatic carbocycles. The van der Waals surface area contributed by atoms with E-state index < -0.39 is 10.7 Å². The third kappa shape index (κ3) is 3.84. The van der Waals surface area contributed by atoms with E-state index in [1.807, 2.05) is 20.8 Å². The van der Waals surface area contributed by atoms with Crippen molar-refractivity contribution in [3.8, 4) is 0 Å². The van der Waals surface area contributed by atoms with E-state index in [4.69, 9.17) is 0 Å². The van der Waals surface area contributed by atoms with Crippen LogP contribution >= 0.6 is 0 Å². The molecule has 0 atom stereocenters. The lowest BCUT2D eigenvalue weighted by Gasteiger charge is -2.19. The summed E-state index contributed by atoms with van der Waals surface area (Å²) in [5.41, 5.74) is 0.221. The molecule has 0 saturated heterocycles. The molecule has 0 aromatic heterocycles. The molecule has 4 nitrogen and oxygen atoms in total. The molecule has 0 aliphatic carbocycles. The second-order valence-electron chi connectivity index (χ2n) is 4.87. The van der Waals surface area contributed by atoms with Gasteiger partial charge in [-0.2, -0.15) is 0 Å². The van der Waals surface area contributed by atoms with Crippen LogP contribution in [0.4, 0.5) is 15.8 Å². The molecule has 0 radical (unpaired) electrons. The second kappa shape index (κ2) is 4.47. The van der Waals surface area contributed by atoms with E-state index in [1.165, 1.54) is 12.1 Å². The van der Waals surface area contributed by atoms with Crippen molar-refractivity contribution in [2.75, 3.05) is 11.9 Å². The molecular formula is C11H15FN2O2. The van der Waals surface area contributed by atoms with Crippen LogP contribution < -0.4 is 5.32 Å². The van der Waals surface area contributed by atoms with Crippen molar-refractivity contribution >= 4 is 11.4 Å². The largest absolute Gasteiger partial charge is 0.384 e. The van der Waals surface area contributed by atoms with E-state index in [2.05, 4.69) is 5.32 Å². The quantitative estimate of drug-likeness (QED) is 0.636. The molecule has 1 rings (SSSR count). The standard InChI is InChI=1S/C11H15FN2O2/c1-11(2,3)7-13-9-4-8(12)5-10(6-9)14(15)16/h4-6,13H,7H2,1-3H3. The first-order valence-corrected chi connectivity index (χ1v) is 4.97. The Morgan fingerprint density at radius 1 is 1.38 bits per heavy atom. The number of nitrogens with zero attached hydrogens (tertiary/aromatic N) is 1. The SMILES string of the molecule is CC(C)(C)CNc1cc(F)cc([N+](=O)[O-])c1. The fourth-order valence-electron chi connectivity index (χ4n) is 1.15. The maximum atomic E-state index is 13.1. The number of nitro groups is 1. The summed E-state index contributed by atoms with van der Waals surface area (Å²) < 4.78 is 13.1. The number of halogens is 1. The van der Waals surface area contributed by atoms with E-state index in [-0.39, 0.29) is 11.1 Å². The van der Waals surface area contributed by atoms with Gasteiger partial charge in [0.05, 0.1) is 11.0 Å². The zero-order valence-corrected chi connectivity index (χ0v) is 9.58. The summed E-state index contributed by atoms with van der Waals surface area (Å²) in [5.74, 6) is -0.606. The lowest BCUT2D eigenvalue weighted by molar-refractivity contribution is -0.385. The summed E-state index contributed by atoms with van der Waals surface area (Å²) in [6.45, 7) is 6.68. The van der Waals surface area contributed by atoms with Gasteiger partial charge < -0.3 is 5.32 Å². The highest BCUT2D eigenvalue weighted by atomic mass is 19.1. The summed E-state index contributed by atoms with van der Waals surface area (Å²) in [4.78, 5) is 9.91. The predicted octanol–water partition coefficient (Wildman–Crippen LogP) is 3.19. The number of nitrogens with one attached hydrogen (secondary N) is 1. The lowest BCUT2D eigenvalue weighted by Crippen LogP contribution is -2.19. The van der Waals surface area contributed by atoms with Gasteiger partial charge in [0, 0.05) is 18.3 Å². The van der Waals surface area contributed by atoms with Gasteiger partial charge in [-0.15, -0.1) is 0 Å². The number of non-ortho nitro benzene ring substituents is 1. The Balaban J connectivity index is 2.85. The van der Waals surface area contributed by atoms with Gasteiger partial charge >= 0.3 is 0 Å². The minimum absolute atomic E-state index is 0.0289. The number of hydrogen-bond acceptors (Lipinski definition) is 3. The molecule has 0 heterocycles. The normalized spacial score (nSPS) is 11.2. The molecule has 0 bridgehead atoms. The van der Waals surface area contributed by atoms with Crippen molar-refractivity contribution in [1.29, 1.82) is 0 Å². The van der Waals surface area contributed by atoms with Crippen LogP contribution in [0.15, 0.2) is 18.2 Å². The first kappa shape index (κ1) is 12.4. The molecule has 0 aliphatic heterocycles. The number of benzene rings is 1. The van der Waals surface area contributed by atoms with Gasteiger partial charge in [0.1, 0.15) is 5.82 Å². The van der Waals surface area contributed by atoms with Crippen LogP contribution in [0.1, 0.15) is 20.8 Å². The zero-order valence-electron chi connectivity index (χ0n) is 9.58. The smallest absolute Gasteiger partial charge is 0.274 e. The van der Waals surface area contributed by atoms with Gasteiger partial charge in [-0.25, -0.2) is 4.39 Å². The van der Waals surface area contributed by atoms with Crippen molar-refractivity contribution in [3.05, 3.63) is 34.1 Å². The van der Waals surface area contributed by atoms with E-state index in [9.17, 15) is 14.5 Å². The first-order chi connectivity index (χ1) is 7.28. The van der Waals surface area contributed by atoms with Crippen molar-refractivity contribution in [1.82, 2.24) is 0 Å². The minimum Gasteiger partial charge on any atom is -0.384 e. The fraction of sp³-hybridized carbons (Fsp3) is 0.455. The number of anilines is 1. The Morgan fingerprint density at radius 2 is 2.00 bits per heavy atom. The molecule has 5 heteroatoms. The lowest BCUT2D eigenvalue weighted by atomic mass is 9.97. The van der Waals surface area contributed by atoms with Gasteiger partial charge in [-0.3, -0.25) is 10.1 Å². The summed E-state index contributed by atoms with van der Waals surface area (Å²) in [7, 11) is 0. The van der Waals surface area contributed by atoms with Crippen LogP contribution in [0.2, 0.25) is 0 Å². The van der Waals surface area contributed by atoms with Crippen LogP contribution in [-0.2, 0) is 0 Å². The maximum Gasteiger partial charge on any atom is 0.274 e. The van der Waals surface area contributed by atoms with Crippen molar-refractivity contribution in [3.63, 3.8) is 0 Å². The van der Waals surface area contributed by atoms with E-state index in [0.717, 1.165) is 6.07 Å². The van der Waals surface area contributed by atoms with E-state index in [0.29, 0.717) is 12.2 Å². The van der Waals surface area contributed by atoms with Gasteiger partial charge in [0.2, 0.25) is 0 Å². The molecule has 0 unspecified atom stereocenters. The molecule has 16 heavy (non-hydrogen) atoms. The summed E-state index contributed by atoms with van der Waals surface area (Å²) in [5, 5.41) is 13.5. The minimum atomic E-state index is -0.606. The Hall–Kier alpha value is -1.65. The third-order valence-electron chi connectivity index (χ3n) is 1.92. The maximum absolute atomic E-state index is 13.1. The number of hydrogen-bond donors (Lipinski definition) is 1. The van der Waals surface area contributed by atoms with E-state index >= 15 is 0 Å². The van der Waals surface area contributed by atoms with E-state index in [1.54, 1.807) is 0 Å².